The molecule has 2 amide bonds. The van der Waals surface area contributed by atoms with Crippen molar-refractivity contribution in [1.82, 2.24) is 10.2 Å². The van der Waals surface area contributed by atoms with Crippen molar-refractivity contribution in [2.75, 3.05) is 20.2 Å². The second-order valence-electron chi connectivity index (χ2n) is 7.35. The second kappa shape index (κ2) is 7.88. The molecule has 2 atom stereocenters. The van der Waals surface area contributed by atoms with Crippen LogP contribution in [-0.4, -0.2) is 47.9 Å². The highest BCUT2D eigenvalue weighted by molar-refractivity contribution is 5.75. The van der Waals surface area contributed by atoms with E-state index in [-0.39, 0.29) is 12.1 Å². The minimum absolute atomic E-state index is 0.0683. The van der Waals surface area contributed by atoms with Crippen LogP contribution in [0.2, 0.25) is 0 Å². The first-order valence-electron chi connectivity index (χ1n) is 8.71. The molecule has 1 saturated heterocycles. The van der Waals surface area contributed by atoms with Gasteiger partial charge in [0.05, 0.1) is 18.8 Å². The maximum atomic E-state index is 12.4. The second-order valence-corrected chi connectivity index (χ2v) is 7.35. The lowest BCUT2D eigenvalue weighted by molar-refractivity contribution is 0.00975. The predicted molar refractivity (Wildman–Crippen MR) is 95.3 cm³/mol. The number of nitrogens with zero attached hydrogens (tertiary/aromatic N) is 1. The van der Waals surface area contributed by atoms with Gasteiger partial charge in [0.1, 0.15) is 5.75 Å². The number of carbonyl (C=O) groups is 1. The van der Waals surface area contributed by atoms with E-state index in [0.717, 1.165) is 25.0 Å². The summed E-state index contributed by atoms with van der Waals surface area (Å²) in [5.74, 6) is 1.19. The maximum absolute atomic E-state index is 12.4. The fraction of sp³-hybridized carbons (Fsp3) is 0.632. The van der Waals surface area contributed by atoms with Crippen LogP contribution in [0.25, 0.3) is 0 Å². The van der Waals surface area contributed by atoms with Gasteiger partial charge in [-0.2, -0.15) is 0 Å². The van der Waals surface area contributed by atoms with E-state index in [1.165, 1.54) is 5.56 Å². The van der Waals surface area contributed by atoms with Gasteiger partial charge in [-0.05, 0) is 56.7 Å². The van der Waals surface area contributed by atoms with Gasteiger partial charge in [-0.1, -0.05) is 19.1 Å². The molecule has 1 aromatic rings. The van der Waals surface area contributed by atoms with Crippen molar-refractivity contribution in [3.05, 3.63) is 29.8 Å². The van der Waals surface area contributed by atoms with E-state index in [1.54, 1.807) is 25.9 Å². The monoisotopic (exact) mass is 334 g/mol. The zero-order valence-electron chi connectivity index (χ0n) is 15.2. The smallest absolute Gasteiger partial charge is 0.317 e. The summed E-state index contributed by atoms with van der Waals surface area (Å²) in [6, 6.07) is 7.86. The molecule has 2 N–H and O–H groups in total. The summed E-state index contributed by atoms with van der Waals surface area (Å²) in [4.78, 5) is 14.2. The van der Waals surface area contributed by atoms with Gasteiger partial charge in [-0.15, -0.1) is 0 Å². The lowest BCUT2D eigenvalue weighted by atomic mass is 9.97. The summed E-state index contributed by atoms with van der Waals surface area (Å²) in [5, 5.41) is 13.2. The third-order valence-corrected chi connectivity index (χ3v) is 4.67. The number of likely N-dealkylation sites (tertiary alicyclic amines) is 1. The number of benzene rings is 1. The highest BCUT2D eigenvalue weighted by Crippen LogP contribution is 2.26. The highest BCUT2D eigenvalue weighted by atomic mass is 16.5. The molecular weight excluding hydrogens is 304 g/mol. The number of urea groups is 1. The van der Waals surface area contributed by atoms with Gasteiger partial charge >= 0.3 is 6.03 Å². The molecule has 0 spiro atoms. The zero-order chi connectivity index (χ0) is 17.7. The number of methoxy groups -OCH3 is 1. The summed E-state index contributed by atoms with van der Waals surface area (Å²) in [6.45, 7) is 7.01. The minimum Gasteiger partial charge on any atom is -0.497 e. The molecule has 0 saturated carbocycles. The van der Waals surface area contributed by atoms with Crippen LogP contribution in [0.5, 0.6) is 5.75 Å². The topological polar surface area (TPSA) is 61.8 Å². The van der Waals surface area contributed by atoms with E-state index in [4.69, 9.17) is 4.74 Å². The van der Waals surface area contributed by atoms with E-state index in [1.807, 2.05) is 12.1 Å². The van der Waals surface area contributed by atoms with Crippen LogP contribution < -0.4 is 10.1 Å². The molecule has 5 heteroatoms. The molecule has 1 aliphatic heterocycles. The Hall–Kier alpha value is -1.75. The lowest BCUT2D eigenvalue weighted by Gasteiger charge is -2.34. The van der Waals surface area contributed by atoms with Crippen LogP contribution in [0, 0.1) is 5.92 Å². The Labute approximate surface area is 145 Å². The maximum Gasteiger partial charge on any atom is 0.317 e. The Balaban J connectivity index is 1.82. The van der Waals surface area contributed by atoms with Gasteiger partial charge in [-0.25, -0.2) is 4.79 Å². The van der Waals surface area contributed by atoms with Gasteiger partial charge < -0.3 is 20.1 Å². The largest absolute Gasteiger partial charge is 0.497 e. The fourth-order valence-electron chi connectivity index (χ4n) is 3.34. The van der Waals surface area contributed by atoms with E-state index >= 15 is 0 Å². The van der Waals surface area contributed by atoms with Crippen molar-refractivity contribution in [1.29, 1.82) is 0 Å². The Morgan fingerprint density at radius 3 is 2.67 bits per heavy atom. The summed E-state index contributed by atoms with van der Waals surface area (Å²) < 4.78 is 5.16. The summed E-state index contributed by atoms with van der Waals surface area (Å²) in [6.07, 6.45) is 2.71. The number of rotatable bonds is 6. The zero-order valence-corrected chi connectivity index (χ0v) is 15.2. The molecule has 1 aliphatic rings. The summed E-state index contributed by atoms with van der Waals surface area (Å²) in [7, 11) is 1.66. The normalized spacial score (nSPS) is 19.2. The summed E-state index contributed by atoms with van der Waals surface area (Å²) in [5.41, 5.74) is 0.371. The van der Waals surface area contributed by atoms with Crippen LogP contribution in [-0.2, 0) is 6.42 Å². The molecule has 0 unspecified atom stereocenters. The third kappa shape index (κ3) is 4.87. The molecule has 134 valence electrons. The molecule has 0 aliphatic carbocycles. The van der Waals surface area contributed by atoms with Gasteiger partial charge in [0.15, 0.2) is 0 Å². The minimum atomic E-state index is -0.859. The molecular formula is C19H30N2O3. The molecule has 24 heavy (non-hydrogen) atoms. The molecule has 1 heterocycles. The first-order chi connectivity index (χ1) is 11.3. The van der Waals surface area contributed by atoms with Crippen molar-refractivity contribution in [2.24, 2.45) is 5.92 Å². The highest BCUT2D eigenvalue weighted by Gasteiger charge is 2.38. The molecule has 2 rings (SSSR count). The number of hydrogen-bond donors (Lipinski definition) is 2. The van der Waals surface area contributed by atoms with E-state index in [2.05, 4.69) is 24.4 Å². The summed E-state index contributed by atoms with van der Waals surface area (Å²) >= 11 is 0. The van der Waals surface area contributed by atoms with E-state index < -0.39 is 5.60 Å². The molecule has 1 fully saturated rings. The molecule has 1 aromatic carbocycles. The number of nitrogens with one attached hydrogen (secondary N) is 1. The molecule has 0 aromatic heterocycles. The third-order valence-electron chi connectivity index (χ3n) is 4.67. The van der Waals surface area contributed by atoms with Crippen LogP contribution in [0.1, 0.15) is 39.2 Å². The average Bonchev–Trinajstić information content (AvgIpc) is 3.03. The first-order valence-corrected chi connectivity index (χ1v) is 8.71. The number of hydrogen-bond acceptors (Lipinski definition) is 3. The van der Waals surface area contributed by atoms with Gasteiger partial charge in [-0.3, -0.25) is 0 Å². The van der Waals surface area contributed by atoms with Crippen molar-refractivity contribution in [3.63, 3.8) is 0 Å². The van der Waals surface area contributed by atoms with Gasteiger partial charge in [0.25, 0.3) is 0 Å². The first kappa shape index (κ1) is 18.6. The van der Waals surface area contributed by atoms with Crippen molar-refractivity contribution in [2.45, 2.75) is 51.7 Å². The Morgan fingerprint density at radius 1 is 1.42 bits per heavy atom. The van der Waals surface area contributed by atoms with Crippen LogP contribution >= 0.6 is 0 Å². The number of amides is 2. The molecule has 0 radical (unpaired) electrons. The standard InChI is InChI=1S/C19H30N2O3/c1-14(12-15-7-9-16(24-4)10-8-15)13-20-18(22)21-11-5-6-17(21)19(2,3)23/h7-10,14,17,23H,5-6,11-13H2,1-4H3,(H,20,22)/t14-,17+/m1/s1. The molecule has 5 nitrogen and oxygen atoms in total. The van der Waals surface area contributed by atoms with Gasteiger partial charge in [0.2, 0.25) is 0 Å². The fourth-order valence-corrected chi connectivity index (χ4v) is 3.34. The lowest BCUT2D eigenvalue weighted by Crippen LogP contribution is -2.52. The van der Waals surface area contributed by atoms with Crippen LogP contribution in [0.3, 0.4) is 0 Å². The molecule has 0 bridgehead atoms. The van der Waals surface area contributed by atoms with Crippen molar-refractivity contribution < 1.29 is 14.6 Å². The van der Waals surface area contributed by atoms with E-state index in [9.17, 15) is 9.90 Å². The quantitative estimate of drug-likeness (QED) is 0.841. The van der Waals surface area contributed by atoms with E-state index in [0.29, 0.717) is 19.0 Å². The van der Waals surface area contributed by atoms with Crippen LogP contribution in [0.15, 0.2) is 24.3 Å². The Bertz CT molecular complexity index is 537. The Morgan fingerprint density at radius 2 is 2.08 bits per heavy atom. The number of aliphatic hydroxyl groups is 1. The van der Waals surface area contributed by atoms with Gasteiger partial charge in [0, 0.05) is 13.1 Å². The van der Waals surface area contributed by atoms with Crippen LogP contribution in [0.4, 0.5) is 4.79 Å². The number of ether oxygens (including phenoxy) is 1. The number of carbonyl (C=O) groups excluding carboxylic acids is 1. The SMILES string of the molecule is COc1ccc(C[C@@H](C)CNC(=O)N2CCC[C@H]2C(C)(C)O)cc1. The Kier molecular flexibility index (Phi) is 6.10. The average molecular weight is 334 g/mol. The van der Waals surface area contributed by atoms with Crippen molar-refractivity contribution >= 4 is 6.03 Å². The predicted octanol–water partition coefficient (Wildman–Crippen LogP) is 2.82. The van der Waals surface area contributed by atoms with Crippen molar-refractivity contribution in [3.8, 4) is 5.75 Å².